The third-order valence-electron chi connectivity index (χ3n) is 6.29. The molecule has 2 aromatic rings. The predicted octanol–water partition coefficient (Wildman–Crippen LogP) is 7.23. The first-order chi connectivity index (χ1) is 15.8. The molecule has 0 spiro atoms. The molecule has 0 amide bonds. The van der Waals surface area contributed by atoms with Crippen LogP contribution in [0, 0.1) is 0 Å². The SMILES string of the molecule is CCC(=C(CC)c1ccc(OC2CCCCO2)cc1)c1ccc(OC2CCCCO2)cc1. The topological polar surface area (TPSA) is 36.9 Å². The summed E-state index contributed by atoms with van der Waals surface area (Å²) in [5.74, 6) is 1.75. The minimum Gasteiger partial charge on any atom is -0.465 e. The monoisotopic (exact) mass is 436 g/mol. The highest BCUT2D eigenvalue weighted by Crippen LogP contribution is 2.33. The summed E-state index contributed by atoms with van der Waals surface area (Å²) in [7, 11) is 0. The Bertz CT molecular complexity index is 784. The molecular formula is C28H36O4. The first kappa shape index (κ1) is 22.9. The Morgan fingerprint density at radius 2 is 1.06 bits per heavy atom. The van der Waals surface area contributed by atoms with Crippen LogP contribution in [0.1, 0.15) is 76.3 Å². The molecule has 0 radical (unpaired) electrons. The summed E-state index contributed by atoms with van der Waals surface area (Å²) >= 11 is 0. The molecule has 4 rings (SSSR count). The van der Waals surface area contributed by atoms with Gasteiger partial charge in [0.1, 0.15) is 11.5 Å². The molecule has 0 aromatic heterocycles. The maximum absolute atomic E-state index is 6.01. The van der Waals surface area contributed by atoms with E-state index in [4.69, 9.17) is 18.9 Å². The fraction of sp³-hybridized carbons (Fsp3) is 0.500. The van der Waals surface area contributed by atoms with Crippen molar-refractivity contribution in [2.24, 2.45) is 0 Å². The molecule has 0 bridgehead atoms. The second-order valence-electron chi connectivity index (χ2n) is 8.54. The van der Waals surface area contributed by atoms with Crippen molar-refractivity contribution >= 4 is 11.1 Å². The maximum atomic E-state index is 6.01. The van der Waals surface area contributed by atoms with Crippen LogP contribution in [-0.4, -0.2) is 25.8 Å². The Balaban J connectivity index is 1.48. The molecule has 2 aromatic carbocycles. The van der Waals surface area contributed by atoms with E-state index in [1.54, 1.807) is 0 Å². The van der Waals surface area contributed by atoms with Crippen LogP contribution in [-0.2, 0) is 9.47 Å². The lowest BCUT2D eigenvalue weighted by molar-refractivity contribution is -0.106. The molecule has 2 atom stereocenters. The summed E-state index contributed by atoms with van der Waals surface area (Å²) in [6.07, 6.45) is 8.26. The first-order valence-electron chi connectivity index (χ1n) is 12.3. The van der Waals surface area contributed by atoms with Crippen molar-refractivity contribution in [3.63, 3.8) is 0 Å². The largest absolute Gasteiger partial charge is 0.465 e. The van der Waals surface area contributed by atoms with E-state index in [0.717, 1.165) is 63.2 Å². The number of allylic oxidation sites excluding steroid dienone is 2. The van der Waals surface area contributed by atoms with Gasteiger partial charge in [-0.2, -0.15) is 0 Å². The van der Waals surface area contributed by atoms with Crippen molar-refractivity contribution < 1.29 is 18.9 Å². The molecule has 4 nitrogen and oxygen atoms in total. The third kappa shape index (κ3) is 5.93. The molecule has 172 valence electrons. The highest BCUT2D eigenvalue weighted by Gasteiger charge is 2.17. The van der Waals surface area contributed by atoms with Gasteiger partial charge in [-0.05, 0) is 85.1 Å². The van der Waals surface area contributed by atoms with Crippen LogP contribution in [0.15, 0.2) is 48.5 Å². The van der Waals surface area contributed by atoms with Crippen molar-refractivity contribution in [2.45, 2.75) is 77.8 Å². The normalized spacial score (nSPS) is 22.2. The van der Waals surface area contributed by atoms with Crippen LogP contribution in [0.5, 0.6) is 11.5 Å². The Morgan fingerprint density at radius 3 is 1.38 bits per heavy atom. The predicted molar refractivity (Wildman–Crippen MR) is 129 cm³/mol. The van der Waals surface area contributed by atoms with E-state index in [9.17, 15) is 0 Å². The molecule has 32 heavy (non-hydrogen) atoms. The van der Waals surface area contributed by atoms with Gasteiger partial charge in [-0.3, -0.25) is 0 Å². The van der Waals surface area contributed by atoms with Crippen molar-refractivity contribution in [3.05, 3.63) is 59.7 Å². The zero-order valence-corrected chi connectivity index (χ0v) is 19.5. The van der Waals surface area contributed by atoms with Gasteiger partial charge in [0.05, 0.1) is 13.2 Å². The van der Waals surface area contributed by atoms with Crippen LogP contribution in [0.4, 0.5) is 0 Å². The molecule has 2 saturated heterocycles. The van der Waals surface area contributed by atoms with E-state index in [2.05, 4.69) is 62.4 Å². The van der Waals surface area contributed by atoms with E-state index in [1.165, 1.54) is 35.1 Å². The minimum absolute atomic E-state index is 0.110. The van der Waals surface area contributed by atoms with Gasteiger partial charge in [0.2, 0.25) is 0 Å². The Hall–Kier alpha value is -2.30. The number of ether oxygens (including phenoxy) is 4. The molecule has 2 heterocycles. The van der Waals surface area contributed by atoms with Gasteiger partial charge in [-0.25, -0.2) is 0 Å². The molecule has 0 N–H and O–H groups in total. The standard InChI is InChI=1S/C28H36O4/c1-3-25(21-11-15-23(16-12-21)31-27-9-5-7-19-29-27)26(4-2)22-13-17-24(18-14-22)32-28-10-6-8-20-30-28/h11-18,27-28H,3-10,19-20H2,1-2H3. The van der Waals surface area contributed by atoms with Crippen LogP contribution in [0.3, 0.4) is 0 Å². The fourth-order valence-corrected chi connectivity index (χ4v) is 4.56. The zero-order chi connectivity index (χ0) is 22.2. The van der Waals surface area contributed by atoms with E-state index >= 15 is 0 Å². The zero-order valence-electron chi connectivity index (χ0n) is 19.5. The molecular weight excluding hydrogens is 400 g/mol. The second kappa shape index (κ2) is 11.5. The first-order valence-corrected chi connectivity index (χ1v) is 12.3. The van der Waals surface area contributed by atoms with Gasteiger partial charge in [0.15, 0.2) is 12.6 Å². The van der Waals surface area contributed by atoms with E-state index in [-0.39, 0.29) is 12.6 Å². The molecule has 2 fully saturated rings. The van der Waals surface area contributed by atoms with Crippen LogP contribution >= 0.6 is 0 Å². The molecule has 4 heteroatoms. The van der Waals surface area contributed by atoms with Crippen molar-refractivity contribution in [2.75, 3.05) is 13.2 Å². The van der Waals surface area contributed by atoms with Gasteiger partial charge in [-0.15, -0.1) is 0 Å². The smallest absolute Gasteiger partial charge is 0.199 e. The quantitative estimate of drug-likeness (QED) is 0.409. The van der Waals surface area contributed by atoms with Gasteiger partial charge in [0.25, 0.3) is 0 Å². The Kier molecular flexibility index (Phi) is 8.24. The van der Waals surface area contributed by atoms with Crippen LogP contribution in [0.25, 0.3) is 11.1 Å². The van der Waals surface area contributed by atoms with Crippen LogP contribution < -0.4 is 9.47 Å². The highest BCUT2D eigenvalue weighted by molar-refractivity contribution is 5.90. The van der Waals surface area contributed by atoms with Crippen molar-refractivity contribution in [1.29, 1.82) is 0 Å². The number of hydrogen-bond acceptors (Lipinski definition) is 4. The second-order valence-corrected chi connectivity index (χ2v) is 8.54. The molecule has 2 aliphatic heterocycles. The average Bonchev–Trinajstić information content (AvgIpc) is 2.85. The highest BCUT2D eigenvalue weighted by atomic mass is 16.7. The lowest BCUT2D eigenvalue weighted by Crippen LogP contribution is -2.24. The fourth-order valence-electron chi connectivity index (χ4n) is 4.56. The summed E-state index contributed by atoms with van der Waals surface area (Å²) in [6.45, 7) is 6.04. The number of rotatable bonds is 8. The Morgan fingerprint density at radius 1 is 0.656 bits per heavy atom. The van der Waals surface area contributed by atoms with Gasteiger partial charge >= 0.3 is 0 Å². The number of hydrogen-bond donors (Lipinski definition) is 0. The van der Waals surface area contributed by atoms with Gasteiger partial charge < -0.3 is 18.9 Å². The lowest BCUT2D eigenvalue weighted by Gasteiger charge is -2.24. The van der Waals surface area contributed by atoms with Crippen molar-refractivity contribution in [1.82, 2.24) is 0 Å². The Labute approximate surface area is 192 Å². The average molecular weight is 437 g/mol. The minimum atomic E-state index is -0.110. The van der Waals surface area contributed by atoms with E-state index < -0.39 is 0 Å². The van der Waals surface area contributed by atoms with E-state index in [0.29, 0.717) is 0 Å². The maximum Gasteiger partial charge on any atom is 0.199 e. The summed E-state index contributed by atoms with van der Waals surface area (Å²) < 4.78 is 23.4. The molecule has 2 aliphatic rings. The van der Waals surface area contributed by atoms with Gasteiger partial charge in [-0.1, -0.05) is 38.1 Å². The summed E-state index contributed by atoms with van der Waals surface area (Å²) in [5.41, 5.74) is 5.24. The number of benzene rings is 2. The summed E-state index contributed by atoms with van der Waals surface area (Å²) in [5, 5.41) is 0. The molecule has 0 saturated carbocycles. The van der Waals surface area contributed by atoms with Crippen molar-refractivity contribution in [3.8, 4) is 11.5 Å². The lowest BCUT2D eigenvalue weighted by atomic mass is 9.91. The van der Waals surface area contributed by atoms with Crippen LogP contribution in [0.2, 0.25) is 0 Å². The van der Waals surface area contributed by atoms with Gasteiger partial charge in [0, 0.05) is 12.8 Å². The van der Waals surface area contributed by atoms with E-state index in [1.807, 2.05) is 0 Å². The molecule has 0 aliphatic carbocycles. The molecule has 2 unspecified atom stereocenters. The summed E-state index contributed by atoms with van der Waals surface area (Å²) in [4.78, 5) is 0. The third-order valence-corrected chi connectivity index (χ3v) is 6.29. The summed E-state index contributed by atoms with van der Waals surface area (Å²) in [6, 6.07) is 17.0.